The SMILES string of the molecule is C[C@H](C=O)Cc1cc(Br)cnc1F. The van der Waals surface area contributed by atoms with Crippen LogP contribution in [0.15, 0.2) is 16.7 Å². The van der Waals surface area contributed by atoms with Crippen LogP contribution in [0, 0.1) is 11.9 Å². The summed E-state index contributed by atoms with van der Waals surface area (Å²) in [6.07, 6.45) is 2.59. The molecule has 1 rings (SSSR count). The number of halogens is 2. The van der Waals surface area contributed by atoms with E-state index in [0.29, 0.717) is 12.0 Å². The summed E-state index contributed by atoms with van der Waals surface area (Å²) in [5.74, 6) is -0.678. The molecule has 0 saturated carbocycles. The fraction of sp³-hybridized carbons (Fsp3) is 0.333. The van der Waals surface area contributed by atoms with Gasteiger partial charge in [-0.25, -0.2) is 4.98 Å². The van der Waals surface area contributed by atoms with Crippen LogP contribution in [0.1, 0.15) is 12.5 Å². The Labute approximate surface area is 84.3 Å². The number of nitrogens with zero attached hydrogens (tertiary/aromatic N) is 1. The zero-order chi connectivity index (χ0) is 9.84. The fourth-order valence-corrected chi connectivity index (χ4v) is 1.38. The lowest BCUT2D eigenvalue weighted by Gasteiger charge is -2.04. The number of carbonyl (C=O) groups is 1. The smallest absolute Gasteiger partial charge is 0.216 e. The number of pyridine rings is 1. The normalized spacial score (nSPS) is 12.5. The van der Waals surface area contributed by atoms with Gasteiger partial charge in [-0.3, -0.25) is 0 Å². The van der Waals surface area contributed by atoms with Crippen LogP contribution in [-0.4, -0.2) is 11.3 Å². The van der Waals surface area contributed by atoms with Gasteiger partial charge < -0.3 is 4.79 Å². The van der Waals surface area contributed by atoms with E-state index in [9.17, 15) is 9.18 Å². The van der Waals surface area contributed by atoms with Gasteiger partial charge in [0.15, 0.2) is 0 Å². The Balaban J connectivity index is 2.86. The quantitative estimate of drug-likeness (QED) is 0.605. The third-order valence-corrected chi connectivity index (χ3v) is 2.09. The molecule has 2 nitrogen and oxygen atoms in total. The largest absolute Gasteiger partial charge is 0.303 e. The third-order valence-electron chi connectivity index (χ3n) is 1.65. The lowest BCUT2D eigenvalue weighted by Crippen LogP contribution is -2.03. The van der Waals surface area contributed by atoms with Gasteiger partial charge in [0, 0.05) is 22.2 Å². The second-order valence-electron chi connectivity index (χ2n) is 2.92. The summed E-state index contributed by atoms with van der Waals surface area (Å²) in [4.78, 5) is 13.9. The number of aldehydes is 1. The van der Waals surface area contributed by atoms with Crippen LogP contribution in [0.25, 0.3) is 0 Å². The molecule has 0 N–H and O–H groups in total. The Hall–Kier alpha value is -0.770. The molecule has 1 atom stereocenters. The van der Waals surface area contributed by atoms with Crippen molar-refractivity contribution in [3.63, 3.8) is 0 Å². The van der Waals surface area contributed by atoms with Crippen LogP contribution in [0.3, 0.4) is 0 Å². The van der Waals surface area contributed by atoms with Crippen molar-refractivity contribution < 1.29 is 9.18 Å². The van der Waals surface area contributed by atoms with E-state index in [4.69, 9.17) is 0 Å². The van der Waals surface area contributed by atoms with E-state index in [-0.39, 0.29) is 5.92 Å². The molecule has 0 amide bonds. The molecule has 0 fully saturated rings. The topological polar surface area (TPSA) is 30.0 Å². The average Bonchev–Trinajstić information content (AvgIpc) is 2.11. The Morgan fingerprint density at radius 1 is 1.77 bits per heavy atom. The van der Waals surface area contributed by atoms with E-state index in [1.54, 1.807) is 13.0 Å². The fourth-order valence-electron chi connectivity index (χ4n) is 1.00. The molecule has 1 heterocycles. The maximum atomic E-state index is 13.0. The Morgan fingerprint density at radius 2 is 2.46 bits per heavy atom. The molecule has 4 heteroatoms. The Morgan fingerprint density at radius 3 is 3.08 bits per heavy atom. The van der Waals surface area contributed by atoms with Gasteiger partial charge in [-0.1, -0.05) is 6.92 Å². The zero-order valence-electron chi connectivity index (χ0n) is 7.13. The van der Waals surface area contributed by atoms with Crippen molar-refractivity contribution >= 4 is 22.2 Å². The minimum absolute atomic E-state index is 0.175. The molecule has 70 valence electrons. The lowest BCUT2D eigenvalue weighted by molar-refractivity contribution is -0.110. The Bertz CT molecular complexity index is 316. The average molecular weight is 246 g/mol. The van der Waals surface area contributed by atoms with Gasteiger partial charge in [0.25, 0.3) is 0 Å². The molecule has 0 saturated heterocycles. The number of carbonyl (C=O) groups excluding carboxylic acids is 1. The molecule has 0 radical (unpaired) electrons. The van der Waals surface area contributed by atoms with E-state index in [0.717, 1.165) is 10.8 Å². The lowest BCUT2D eigenvalue weighted by atomic mass is 10.0. The van der Waals surface area contributed by atoms with Crippen LogP contribution < -0.4 is 0 Å². The monoisotopic (exact) mass is 245 g/mol. The molecule has 13 heavy (non-hydrogen) atoms. The Kier molecular flexibility index (Phi) is 3.54. The molecule has 0 bridgehead atoms. The summed E-state index contributed by atoms with van der Waals surface area (Å²) in [5.41, 5.74) is 0.467. The summed E-state index contributed by atoms with van der Waals surface area (Å²) < 4.78 is 13.7. The molecular weight excluding hydrogens is 237 g/mol. The van der Waals surface area contributed by atoms with Crippen LogP contribution >= 0.6 is 15.9 Å². The third kappa shape index (κ3) is 2.88. The minimum atomic E-state index is -0.503. The number of hydrogen-bond donors (Lipinski definition) is 0. The molecule has 0 aliphatic rings. The second kappa shape index (κ2) is 4.46. The molecule has 1 aromatic heterocycles. The van der Waals surface area contributed by atoms with Crippen LogP contribution in [0.2, 0.25) is 0 Å². The van der Waals surface area contributed by atoms with Crippen LogP contribution in [0.4, 0.5) is 4.39 Å². The van der Waals surface area contributed by atoms with Crippen molar-refractivity contribution in [2.75, 3.05) is 0 Å². The predicted molar refractivity (Wildman–Crippen MR) is 50.8 cm³/mol. The van der Waals surface area contributed by atoms with Crippen molar-refractivity contribution in [1.82, 2.24) is 4.98 Å². The van der Waals surface area contributed by atoms with Crippen molar-refractivity contribution in [2.24, 2.45) is 5.92 Å². The van der Waals surface area contributed by atoms with Crippen molar-refractivity contribution in [3.8, 4) is 0 Å². The van der Waals surface area contributed by atoms with E-state index in [2.05, 4.69) is 20.9 Å². The van der Waals surface area contributed by atoms with Crippen molar-refractivity contribution in [3.05, 3.63) is 28.2 Å². The van der Waals surface area contributed by atoms with E-state index < -0.39 is 5.95 Å². The zero-order valence-corrected chi connectivity index (χ0v) is 8.71. The van der Waals surface area contributed by atoms with Gasteiger partial charge in [0.1, 0.15) is 6.29 Å². The van der Waals surface area contributed by atoms with Gasteiger partial charge in [0.05, 0.1) is 0 Å². The molecule has 1 aromatic rings. The maximum absolute atomic E-state index is 13.0. The highest BCUT2D eigenvalue weighted by atomic mass is 79.9. The predicted octanol–water partition coefficient (Wildman–Crippen LogP) is 2.36. The summed E-state index contributed by atoms with van der Waals surface area (Å²) in [7, 11) is 0. The minimum Gasteiger partial charge on any atom is -0.303 e. The van der Waals surface area contributed by atoms with Gasteiger partial charge in [-0.2, -0.15) is 4.39 Å². The summed E-state index contributed by atoms with van der Waals surface area (Å²) >= 11 is 3.19. The van der Waals surface area contributed by atoms with Crippen molar-refractivity contribution in [1.29, 1.82) is 0 Å². The highest BCUT2D eigenvalue weighted by Crippen LogP contribution is 2.15. The highest BCUT2D eigenvalue weighted by Gasteiger charge is 2.08. The van der Waals surface area contributed by atoms with Crippen LogP contribution in [0.5, 0.6) is 0 Å². The maximum Gasteiger partial charge on any atom is 0.216 e. The molecule has 0 spiro atoms. The first kappa shape index (κ1) is 10.3. The first-order valence-corrected chi connectivity index (χ1v) is 4.68. The van der Waals surface area contributed by atoms with Crippen LogP contribution in [-0.2, 0) is 11.2 Å². The first-order valence-electron chi connectivity index (χ1n) is 3.88. The summed E-state index contributed by atoms with van der Waals surface area (Å²) in [6, 6.07) is 1.64. The van der Waals surface area contributed by atoms with Gasteiger partial charge in [-0.05, 0) is 28.4 Å². The van der Waals surface area contributed by atoms with Crippen molar-refractivity contribution in [2.45, 2.75) is 13.3 Å². The van der Waals surface area contributed by atoms with Gasteiger partial charge in [0.2, 0.25) is 5.95 Å². The van der Waals surface area contributed by atoms with E-state index in [1.165, 1.54) is 6.20 Å². The second-order valence-corrected chi connectivity index (χ2v) is 3.84. The number of rotatable bonds is 3. The molecule has 0 aromatic carbocycles. The van der Waals surface area contributed by atoms with E-state index in [1.807, 2.05) is 0 Å². The standard InChI is InChI=1S/C9H9BrFNO/c1-6(5-13)2-7-3-8(10)4-12-9(7)11/h3-6H,2H2,1H3/t6-/m0/s1. The molecule has 0 aliphatic carbocycles. The highest BCUT2D eigenvalue weighted by molar-refractivity contribution is 9.10. The van der Waals surface area contributed by atoms with Gasteiger partial charge >= 0.3 is 0 Å². The summed E-state index contributed by atoms with van der Waals surface area (Å²) in [6.45, 7) is 1.74. The van der Waals surface area contributed by atoms with E-state index >= 15 is 0 Å². The number of hydrogen-bond acceptors (Lipinski definition) is 2. The number of aromatic nitrogens is 1. The van der Waals surface area contributed by atoms with Gasteiger partial charge in [-0.15, -0.1) is 0 Å². The molecule has 0 unspecified atom stereocenters. The summed E-state index contributed by atoms with van der Waals surface area (Å²) in [5, 5.41) is 0. The molecular formula is C9H9BrFNO. The molecule has 0 aliphatic heterocycles. The first-order chi connectivity index (χ1) is 6.13.